The van der Waals surface area contributed by atoms with Gasteiger partial charge in [-0.25, -0.2) is 15.0 Å². The summed E-state index contributed by atoms with van der Waals surface area (Å²) in [5, 5.41) is 1.08. The Hall–Kier alpha value is -7.17. The molecule has 0 bridgehead atoms. The molecule has 0 amide bonds. The molecule has 0 atom stereocenters. The first-order valence-electron chi connectivity index (χ1n) is 18.3. The van der Waals surface area contributed by atoms with E-state index in [1.54, 1.807) is 0 Å². The highest BCUT2D eigenvalue weighted by atomic mass is 16.5. The SMILES string of the molecule is c1ccc(-c2cc(-c3cccc(-c4ccc5c(c4)C4(c6ccccc6Oc6ccccc64)c4ccccc4-5)c3)nc(-c3ccc4ccccc4n3)n2)cc1. The smallest absolute Gasteiger partial charge is 0.179 e. The lowest BCUT2D eigenvalue weighted by atomic mass is 9.66. The van der Waals surface area contributed by atoms with Crippen molar-refractivity contribution >= 4 is 10.9 Å². The number of ether oxygens (including phenoxy) is 1. The van der Waals surface area contributed by atoms with Crippen LogP contribution in [0.4, 0.5) is 0 Å². The maximum atomic E-state index is 6.56. The van der Waals surface area contributed by atoms with Gasteiger partial charge < -0.3 is 4.74 Å². The van der Waals surface area contributed by atoms with Crippen LogP contribution >= 0.6 is 0 Å². The monoisotopic (exact) mass is 689 g/mol. The zero-order valence-electron chi connectivity index (χ0n) is 29.1. The fourth-order valence-corrected chi connectivity index (χ4v) is 8.55. The van der Waals surface area contributed by atoms with Gasteiger partial charge >= 0.3 is 0 Å². The van der Waals surface area contributed by atoms with E-state index in [2.05, 4.69) is 146 Å². The molecule has 2 aromatic heterocycles. The molecule has 1 aliphatic carbocycles. The molecule has 0 saturated heterocycles. The Morgan fingerprint density at radius 1 is 0.352 bits per heavy atom. The first-order valence-corrected chi connectivity index (χ1v) is 18.3. The molecule has 4 nitrogen and oxygen atoms in total. The van der Waals surface area contributed by atoms with Gasteiger partial charge in [0.2, 0.25) is 0 Å². The maximum absolute atomic E-state index is 6.56. The number of rotatable bonds is 4. The van der Waals surface area contributed by atoms with Crippen molar-refractivity contribution in [2.24, 2.45) is 0 Å². The summed E-state index contributed by atoms with van der Waals surface area (Å²) in [6.07, 6.45) is 0. The normalized spacial score (nSPS) is 13.1. The summed E-state index contributed by atoms with van der Waals surface area (Å²) >= 11 is 0. The standard InChI is InChI=1S/C50H31N3O/c1-2-13-32(14-3-1)45-31-46(53-49(52-45)44-28-26-33-15-4-9-22-43(33)51-44)36-17-12-16-34(29-36)35-25-27-38-37-18-5-6-19-39(37)50(42(38)30-35)40-20-7-10-23-47(40)54-48-24-11-8-21-41(48)50/h1-31H. The van der Waals surface area contributed by atoms with Crippen molar-refractivity contribution in [2.45, 2.75) is 5.41 Å². The van der Waals surface area contributed by atoms with Gasteiger partial charge in [0.05, 0.1) is 22.3 Å². The zero-order chi connectivity index (χ0) is 35.6. The van der Waals surface area contributed by atoms with E-state index in [9.17, 15) is 0 Å². The number of nitrogens with zero attached hydrogens (tertiary/aromatic N) is 3. The summed E-state index contributed by atoms with van der Waals surface area (Å²) in [6.45, 7) is 0. The molecule has 1 spiro atoms. The lowest BCUT2D eigenvalue weighted by Gasteiger charge is -2.39. The molecule has 1 aliphatic heterocycles. The van der Waals surface area contributed by atoms with E-state index in [-0.39, 0.29) is 0 Å². The highest BCUT2D eigenvalue weighted by molar-refractivity contribution is 5.90. The molecule has 54 heavy (non-hydrogen) atoms. The topological polar surface area (TPSA) is 47.9 Å². The van der Waals surface area contributed by atoms with Gasteiger partial charge in [-0.2, -0.15) is 0 Å². The zero-order valence-corrected chi connectivity index (χ0v) is 29.1. The third kappa shape index (κ3) is 4.60. The molecule has 252 valence electrons. The molecule has 3 heterocycles. The molecule has 2 aliphatic rings. The third-order valence-corrected chi connectivity index (χ3v) is 11.0. The van der Waals surface area contributed by atoms with E-state index in [0.717, 1.165) is 72.9 Å². The second-order valence-electron chi connectivity index (χ2n) is 13.9. The minimum absolute atomic E-state index is 0.524. The van der Waals surface area contributed by atoms with Crippen molar-refractivity contribution in [2.75, 3.05) is 0 Å². The Bertz CT molecular complexity index is 2890. The van der Waals surface area contributed by atoms with Crippen LogP contribution in [0.15, 0.2) is 188 Å². The molecule has 0 fully saturated rings. The summed E-state index contributed by atoms with van der Waals surface area (Å²) < 4.78 is 6.56. The van der Waals surface area contributed by atoms with Crippen molar-refractivity contribution in [1.29, 1.82) is 0 Å². The molecule has 0 saturated carbocycles. The Kier molecular flexibility index (Phi) is 6.73. The number of hydrogen-bond acceptors (Lipinski definition) is 4. The lowest BCUT2D eigenvalue weighted by molar-refractivity contribution is 0.436. The van der Waals surface area contributed by atoms with Crippen molar-refractivity contribution in [1.82, 2.24) is 15.0 Å². The summed E-state index contributed by atoms with van der Waals surface area (Å²) in [5.41, 5.74) is 14.5. The van der Waals surface area contributed by atoms with Gasteiger partial charge in [-0.15, -0.1) is 0 Å². The summed E-state index contributed by atoms with van der Waals surface area (Å²) in [5.74, 6) is 2.37. The Labute approximate surface area is 313 Å². The molecule has 11 rings (SSSR count). The van der Waals surface area contributed by atoms with E-state index in [0.29, 0.717) is 5.82 Å². The first-order chi connectivity index (χ1) is 26.7. The highest BCUT2D eigenvalue weighted by Crippen LogP contribution is 2.62. The Morgan fingerprint density at radius 2 is 0.963 bits per heavy atom. The summed E-state index contributed by atoms with van der Waals surface area (Å²) in [6, 6.07) is 66.1. The van der Waals surface area contributed by atoms with Gasteiger partial charge in [0, 0.05) is 27.6 Å². The van der Waals surface area contributed by atoms with E-state index in [4.69, 9.17) is 19.7 Å². The second-order valence-corrected chi connectivity index (χ2v) is 13.9. The molecule has 7 aromatic carbocycles. The second kappa shape index (κ2) is 11.9. The quantitative estimate of drug-likeness (QED) is 0.185. The number of hydrogen-bond donors (Lipinski definition) is 0. The van der Waals surface area contributed by atoms with Crippen LogP contribution in [-0.2, 0) is 5.41 Å². The van der Waals surface area contributed by atoms with Gasteiger partial charge in [-0.3, -0.25) is 0 Å². The highest BCUT2D eigenvalue weighted by Gasteiger charge is 2.51. The van der Waals surface area contributed by atoms with Crippen molar-refractivity contribution in [3.63, 3.8) is 0 Å². The van der Waals surface area contributed by atoms with E-state index >= 15 is 0 Å². The Morgan fingerprint density at radius 3 is 1.78 bits per heavy atom. The van der Waals surface area contributed by atoms with Crippen LogP contribution in [0.2, 0.25) is 0 Å². The Balaban J connectivity index is 1.09. The van der Waals surface area contributed by atoms with Crippen LogP contribution in [0.1, 0.15) is 22.3 Å². The van der Waals surface area contributed by atoms with Crippen LogP contribution in [0.5, 0.6) is 11.5 Å². The van der Waals surface area contributed by atoms with Gasteiger partial charge in [0.1, 0.15) is 17.2 Å². The van der Waals surface area contributed by atoms with Crippen LogP contribution in [0.3, 0.4) is 0 Å². The van der Waals surface area contributed by atoms with E-state index in [1.807, 2.05) is 42.5 Å². The maximum Gasteiger partial charge on any atom is 0.179 e. The van der Waals surface area contributed by atoms with Gasteiger partial charge in [0.25, 0.3) is 0 Å². The lowest BCUT2D eigenvalue weighted by Crippen LogP contribution is -2.32. The molecule has 0 radical (unpaired) electrons. The van der Waals surface area contributed by atoms with Crippen LogP contribution in [0.25, 0.3) is 67.2 Å². The molecular formula is C50H31N3O. The molecule has 0 unspecified atom stereocenters. The predicted molar refractivity (Wildman–Crippen MR) is 216 cm³/mol. The number of benzene rings is 7. The minimum Gasteiger partial charge on any atom is -0.457 e. The van der Waals surface area contributed by atoms with E-state index in [1.165, 1.54) is 22.3 Å². The van der Waals surface area contributed by atoms with Gasteiger partial charge in [0.15, 0.2) is 5.82 Å². The average molecular weight is 690 g/mol. The predicted octanol–water partition coefficient (Wildman–Crippen LogP) is 12.2. The average Bonchev–Trinajstić information content (AvgIpc) is 3.53. The fourth-order valence-electron chi connectivity index (χ4n) is 8.55. The fraction of sp³-hybridized carbons (Fsp3) is 0.0200. The number of aromatic nitrogens is 3. The molecule has 0 N–H and O–H groups in total. The van der Waals surface area contributed by atoms with Gasteiger partial charge in [-0.05, 0) is 75.8 Å². The number of fused-ring (bicyclic) bond motifs is 10. The first kappa shape index (κ1) is 30.5. The molecule has 9 aromatic rings. The van der Waals surface area contributed by atoms with Crippen LogP contribution in [-0.4, -0.2) is 15.0 Å². The largest absolute Gasteiger partial charge is 0.457 e. The summed E-state index contributed by atoms with van der Waals surface area (Å²) in [7, 11) is 0. The molecular weight excluding hydrogens is 659 g/mol. The van der Waals surface area contributed by atoms with Crippen molar-refractivity contribution in [3.8, 4) is 67.8 Å². The molecule has 4 heteroatoms. The summed E-state index contributed by atoms with van der Waals surface area (Å²) in [4.78, 5) is 15.2. The van der Waals surface area contributed by atoms with Crippen molar-refractivity contribution in [3.05, 3.63) is 210 Å². The number of pyridine rings is 1. The van der Waals surface area contributed by atoms with Crippen LogP contribution in [0, 0.1) is 0 Å². The van der Waals surface area contributed by atoms with Crippen molar-refractivity contribution < 1.29 is 4.74 Å². The minimum atomic E-state index is -0.524. The van der Waals surface area contributed by atoms with E-state index < -0.39 is 5.41 Å². The van der Waals surface area contributed by atoms with Crippen LogP contribution < -0.4 is 4.74 Å². The number of para-hydroxylation sites is 3. The third-order valence-electron chi connectivity index (χ3n) is 11.0. The van der Waals surface area contributed by atoms with Gasteiger partial charge in [-0.1, -0.05) is 146 Å².